The zero-order valence-corrected chi connectivity index (χ0v) is 13.5. The molecule has 114 valence electrons. The van der Waals surface area contributed by atoms with Crippen LogP contribution in [0.2, 0.25) is 0 Å². The van der Waals surface area contributed by atoms with Crippen molar-refractivity contribution in [3.63, 3.8) is 0 Å². The Kier molecular flexibility index (Phi) is 3.08. The molecule has 3 heteroatoms. The molecule has 0 atom stereocenters. The lowest BCUT2D eigenvalue weighted by atomic mass is 10.1. The molecule has 0 aliphatic rings. The van der Waals surface area contributed by atoms with Gasteiger partial charge in [0.05, 0.1) is 12.8 Å². The lowest BCUT2D eigenvalue weighted by molar-refractivity contribution is 0.415. The number of benzene rings is 2. The van der Waals surface area contributed by atoms with Crippen molar-refractivity contribution < 1.29 is 4.74 Å². The van der Waals surface area contributed by atoms with E-state index in [1.165, 1.54) is 22.2 Å². The van der Waals surface area contributed by atoms with E-state index in [4.69, 9.17) is 9.72 Å². The summed E-state index contributed by atoms with van der Waals surface area (Å²) in [7, 11) is 1.69. The normalized spacial score (nSPS) is 11.3. The maximum Gasteiger partial charge on any atom is 0.145 e. The SMILES string of the molecule is COc1ccc2cc(C)n3cc(-c4ccccc4C)nc3c2c1. The van der Waals surface area contributed by atoms with Crippen LogP contribution in [-0.2, 0) is 0 Å². The van der Waals surface area contributed by atoms with E-state index in [9.17, 15) is 0 Å². The topological polar surface area (TPSA) is 26.5 Å². The second kappa shape index (κ2) is 5.13. The molecule has 2 aromatic heterocycles. The minimum Gasteiger partial charge on any atom is -0.497 e. The largest absolute Gasteiger partial charge is 0.497 e. The van der Waals surface area contributed by atoms with E-state index in [0.29, 0.717) is 0 Å². The second-order valence-corrected chi connectivity index (χ2v) is 5.87. The summed E-state index contributed by atoms with van der Waals surface area (Å²) in [6.07, 6.45) is 2.12. The fourth-order valence-electron chi connectivity index (χ4n) is 3.11. The number of nitrogens with zero attached hydrogens (tertiary/aromatic N) is 2. The molecular formula is C20H18N2O. The first-order valence-corrected chi connectivity index (χ1v) is 7.70. The van der Waals surface area contributed by atoms with Crippen molar-refractivity contribution in [3.8, 4) is 17.0 Å². The van der Waals surface area contributed by atoms with Crippen LogP contribution in [0, 0.1) is 13.8 Å². The number of ether oxygens (including phenoxy) is 1. The summed E-state index contributed by atoms with van der Waals surface area (Å²) in [5.74, 6) is 0.851. The van der Waals surface area contributed by atoms with Gasteiger partial charge in [-0.25, -0.2) is 4.98 Å². The first kappa shape index (κ1) is 13.8. The number of aryl methyl sites for hydroxylation is 2. The number of pyridine rings is 1. The van der Waals surface area contributed by atoms with Gasteiger partial charge in [-0.05, 0) is 43.0 Å². The molecule has 4 aromatic rings. The van der Waals surface area contributed by atoms with Crippen molar-refractivity contribution in [2.45, 2.75) is 13.8 Å². The van der Waals surface area contributed by atoms with Crippen LogP contribution >= 0.6 is 0 Å². The first-order valence-electron chi connectivity index (χ1n) is 7.70. The quantitative estimate of drug-likeness (QED) is 0.532. The molecule has 2 aromatic carbocycles. The predicted molar refractivity (Wildman–Crippen MR) is 94.2 cm³/mol. The minimum atomic E-state index is 0.851. The van der Waals surface area contributed by atoms with Crippen LogP contribution in [0.25, 0.3) is 27.7 Å². The van der Waals surface area contributed by atoms with Gasteiger partial charge in [0.1, 0.15) is 11.4 Å². The van der Waals surface area contributed by atoms with Crippen molar-refractivity contribution >= 4 is 16.4 Å². The minimum absolute atomic E-state index is 0.851. The Labute approximate surface area is 135 Å². The molecule has 0 amide bonds. The lowest BCUT2D eigenvalue weighted by Gasteiger charge is -2.06. The van der Waals surface area contributed by atoms with Gasteiger partial charge in [-0.1, -0.05) is 30.3 Å². The van der Waals surface area contributed by atoms with Gasteiger partial charge >= 0.3 is 0 Å². The number of rotatable bonds is 2. The van der Waals surface area contributed by atoms with Crippen molar-refractivity contribution in [2.75, 3.05) is 7.11 Å². The van der Waals surface area contributed by atoms with Crippen molar-refractivity contribution in [1.82, 2.24) is 9.38 Å². The highest BCUT2D eigenvalue weighted by atomic mass is 16.5. The predicted octanol–water partition coefficient (Wildman–Crippen LogP) is 4.78. The molecule has 0 bridgehead atoms. The third kappa shape index (κ3) is 2.16. The average Bonchev–Trinajstić information content (AvgIpc) is 3.01. The fraction of sp³-hybridized carbons (Fsp3) is 0.150. The van der Waals surface area contributed by atoms with Gasteiger partial charge in [-0.2, -0.15) is 0 Å². The number of imidazole rings is 1. The zero-order chi connectivity index (χ0) is 16.0. The van der Waals surface area contributed by atoms with Crippen molar-refractivity contribution in [2.24, 2.45) is 0 Å². The highest BCUT2D eigenvalue weighted by Crippen LogP contribution is 2.29. The summed E-state index contributed by atoms with van der Waals surface area (Å²) in [6.45, 7) is 4.23. The van der Waals surface area contributed by atoms with E-state index >= 15 is 0 Å². The summed E-state index contributed by atoms with van der Waals surface area (Å²) < 4.78 is 7.53. The number of fused-ring (bicyclic) bond motifs is 3. The van der Waals surface area contributed by atoms with Gasteiger partial charge in [0.2, 0.25) is 0 Å². The maximum atomic E-state index is 5.37. The van der Waals surface area contributed by atoms with E-state index in [2.05, 4.69) is 66.9 Å². The molecule has 4 rings (SSSR count). The summed E-state index contributed by atoms with van der Waals surface area (Å²) in [5.41, 5.74) is 5.55. The van der Waals surface area contributed by atoms with Crippen LogP contribution < -0.4 is 4.74 Å². The van der Waals surface area contributed by atoms with Crippen molar-refractivity contribution in [1.29, 1.82) is 0 Å². The van der Waals surface area contributed by atoms with Gasteiger partial charge < -0.3 is 9.14 Å². The van der Waals surface area contributed by atoms with E-state index in [1.807, 2.05) is 6.07 Å². The zero-order valence-electron chi connectivity index (χ0n) is 13.5. The average molecular weight is 302 g/mol. The van der Waals surface area contributed by atoms with E-state index < -0.39 is 0 Å². The second-order valence-electron chi connectivity index (χ2n) is 5.87. The molecule has 0 saturated heterocycles. The highest BCUT2D eigenvalue weighted by Gasteiger charge is 2.11. The third-order valence-electron chi connectivity index (χ3n) is 4.37. The van der Waals surface area contributed by atoms with Crippen LogP contribution in [0.4, 0.5) is 0 Å². The van der Waals surface area contributed by atoms with Crippen LogP contribution in [-0.4, -0.2) is 16.5 Å². The first-order chi connectivity index (χ1) is 11.2. The Hall–Kier alpha value is -2.81. The molecular weight excluding hydrogens is 284 g/mol. The summed E-state index contributed by atoms with van der Waals surface area (Å²) in [4.78, 5) is 4.92. The Morgan fingerprint density at radius 2 is 1.83 bits per heavy atom. The Bertz CT molecular complexity index is 1030. The molecule has 23 heavy (non-hydrogen) atoms. The molecule has 0 aliphatic heterocycles. The number of hydrogen-bond donors (Lipinski definition) is 0. The Morgan fingerprint density at radius 3 is 2.61 bits per heavy atom. The summed E-state index contributed by atoms with van der Waals surface area (Å²) in [6, 6.07) is 16.7. The van der Waals surface area contributed by atoms with Crippen LogP contribution in [0.1, 0.15) is 11.3 Å². The van der Waals surface area contributed by atoms with Gasteiger partial charge in [0.25, 0.3) is 0 Å². The van der Waals surface area contributed by atoms with Gasteiger partial charge in [-0.15, -0.1) is 0 Å². The molecule has 0 radical (unpaired) electrons. The van der Waals surface area contributed by atoms with E-state index in [-0.39, 0.29) is 0 Å². The summed E-state index contributed by atoms with van der Waals surface area (Å²) in [5, 5.41) is 2.28. The molecule has 0 saturated carbocycles. The van der Waals surface area contributed by atoms with Gasteiger partial charge in [0, 0.05) is 22.8 Å². The van der Waals surface area contributed by atoms with Crippen LogP contribution in [0.5, 0.6) is 5.75 Å². The van der Waals surface area contributed by atoms with E-state index in [1.54, 1.807) is 7.11 Å². The molecule has 0 unspecified atom stereocenters. The maximum absolute atomic E-state index is 5.37. The Balaban J connectivity index is 2.06. The smallest absolute Gasteiger partial charge is 0.145 e. The molecule has 0 spiro atoms. The Morgan fingerprint density at radius 1 is 1.00 bits per heavy atom. The lowest BCUT2D eigenvalue weighted by Crippen LogP contribution is -1.91. The number of hydrogen-bond acceptors (Lipinski definition) is 2. The number of aromatic nitrogens is 2. The van der Waals surface area contributed by atoms with Crippen molar-refractivity contribution in [3.05, 3.63) is 66.0 Å². The molecule has 0 N–H and O–H groups in total. The molecule has 3 nitrogen and oxygen atoms in total. The number of methoxy groups -OCH3 is 1. The van der Waals surface area contributed by atoms with E-state index in [0.717, 1.165) is 22.5 Å². The molecule has 0 aliphatic carbocycles. The van der Waals surface area contributed by atoms with Crippen LogP contribution in [0.15, 0.2) is 54.7 Å². The monoisotopic (exact) mass is 302 g/mol. The highest BCUT2D eigenvalue weighted by molar-refractivity contribution is 5.96. The van der Waals surface area contributed by atoms with Gasteiger partial charge in [0.15, 0.2) is 0 Å². The third-order valence-corrected chi connectivity index (χ3v) is 4.37. The fourth-order valence-corrected chi connectivity index (χ4v) is 3.11. The standard InChI is InChI=1S/C20H18N2O/c1-13-6-4-5-7-17(13)19-12-22-14(2)10-15-8-9-16(23-3)11-18(15)20(22)21-19/h4-12H,1-3H3. The molecule has 0 fully saturated rings. The van der Waals surface area contributed by atoms with Crippen LogP contribution in [0.3, 0.4) is 0 Å². The van der Waals surface area contributed by atoms with Gasteiger partial charge in [-0.3, -0.25) is 0 Å². The molecule has 2 heterocycles. The summed E-state index contributed by atoms with van der Waals surface area (Å²) >= 11 is 0.